The molecule has 1 aliphatic carbocycles. The molecule has 13 heavy (non-hydrogen) atoms. The first-order valence-electron chi connectivity index (χ1n) is 5.25. The predicted molar refractivity (Wildman–Crippen MR) is 52.6 cm³/mol. The van der Waals surface area contributed by atoms with Crippen LogP contribution in [0.25, 0.3) is 0 Å². The molecule has 2 heteroatoms. The van der Waals surface area contributed by atoms with Gasteiger partial charge in [-0.3, -0.25) is 0 Å². The molecular weight excluding hydrogens is 164 g/mol. The first-order valence-corrected chi connectivity index (χ1v) is 5.25. The fourth-order valence-corrected chi connectivity index (χ4v) is 2.51. The maximum absolute atomic E-state index is 11.2. The molecular formula is C11H20O2. The lowest BCUT2D eigenvalue weighted by molar-refractivity contribution is -0.128. The first-order chi connectivity index (χ1) is 6.17. The van der Waals surface area contributed by atoms with E-state index < -0.39 is 0 Å². The van der Waals surface area contributed by atoms with Crippen LogP contribution in [-0.2, 0) is 9.53 Å². The molecule has 1 aliphatic rings. The Hall–Kier alpha value is -0.370. The number of carbonyl (C=O) groups excluding carboxylic acids is 1. The number of rotatable bonds is 4. The molecule has 0 aromatic heterocycles. The van der Waals surface area contributed by atoms with Gasteiger partial charge in [0, 0.05) is 6.61 Å². The Morgan fingerprint density at radius 3 is 2.77 bits per heavy atom. The van der Waals surface area contributed by atoms with Gasteiger partial charge < -0.3 is 9.53 Å². The second-order valence-corrected chi connectivity index (χ2v) is 4.12. The molecule has 1 fully saturated rings. The number of ether oxygens (including phenoxy) is 1. The van der Waals surface area contributed by atoms with E-state index in [0.29, 0.717) is 12.5 Å². The molecule has 0 heterocycles. The summed E-state index contributed by atoms with van der Waals surface area (Å²) in [5.74, 6) is 0.478. The van der Waals surface area contributed by atoms with Gasteiger partial charge in [-0.25, -0.2) is 0 Å². The highest BCUT2D eigenvalue weighted by molar-refractivity contribution is 5.61. The van der Waals surface area contributed by atoms with E-state index in [9.17, 15) is 4.79 Å². The van der Waals surface area contributed by atoms with Crippen LogP contribution < -0.4 is 0 Å². The van der Waals surface area contributed by atoms with Crippen LogP contribution in [0.2, 0.25) is 0 Å². The van der Waals surface area contributed by atoms with Crippen molar-refractivity contribution in [3.63, 3.8) is 0 Å². The molecule has 2 nitrogen and oxygen atoms in total. The molecule has 0 amide bonds. The van der Waals surface area contributed by atoms with E-state index in [0.717, 1.165) is 25.5 Å². The maximum Gasteiger partial charge on any atom is 0.128 e. The van der Waals surface area contributed by atoms with E-state index in [4.69, 9.17) is 4.74 Å². The van der Waals surface area contributed by atoms with E-state index >= 15 is 0 Å². The zero-order valence-corrected chi connectivity index (χ0v) is 8.88. The molecule has 0 spiro atoms. The monoisotopic (exact) mass is 184 g/mol. The molecule has 0 aromatic carbocycles. The summed E-state index contributed by atoms with van der Waals surface area (Å²) in [6.07, 6.45) is 4.53. The van der Waals surface area contributed by atoms with Gasteiger partial charge in [0.25, 0.3) is 0 Å². The van der Waals surface area contributed by atoms with Crippen molar-refractivity contribution in [3.8, 4) is 0 Å². The van der Waals surface area contributed by atoms with Gasteiger partial charge in [0.15, 0.2) is 0 Å². The first kappa shape index (κ1) is 10.7. The van der Waals surface area contributed by atoms with Crippen LogP contribution in [-0.4, -0.2) is 19.0 Å². The number of hydrogen-bond donors (Lipinski definition) is 0. The average Bonchev–Trinajstić information content (AvgIpc) is 2.48. The molecule has 0 bridgehead atoms. The van der Waals surface area contributed by atoms with Gasteiger partial charge in [0.05, 0.1) is 11.5 Å². The molecule has 0 aliphatic heterocycles. The molecule has 0 saturated heterocycles. The van der Waals surface area contributed by atoms with Crippen LogP contribution in [0.15, 0.2) is 0 Å². The van der Waals surface area contributed by atoms with E-state index in [-0.39, 0.29) is 11.5 Å². The van der Waals surface area contributed by atoms with Crippen LogP contribution in [0.1, 0.15) is 40.0 Å². The Balaban J connectivity index is 2.73. The van der Waals surface area contributed by atoms with Crippen molar-refractivity contribution in [2.45, 2.75) is 46.1 Å². The lowest BCUT2D eigenvalue weighted by Gasteiger charge is -2.33. The van der Waals surface area contributed by atoms with Gasteiger partial charge in [-0.15, -0.1) is 0 Å². The Morgan fingerprint density at radius 1 is 1.69 bits per heavy atom. The zero-order chi connectivity index (χ0) is 9.90. The summed E-state index contributed by atoms with van der Waals surface area (Å²) in [6, 6.07) is 0. The van der Waals surface area contributed by atoms with E-state index in [2.05, 4.69) is 6.92 Å². The Bertz CT molecular complexity index is 179. The second-order valence-electron chi connectivity index (χ2n) is 4.12. The average molecular weight is 184 g/mol. The quantitative estimate of drug-likeness (QED) is 0.627. The molecule has 0 aromatic rings. The van der Waals surface area contributed by atoms with Crippen LogP contribution in [0, 0.1) is 11.3 Å². The SMILES string of the molecule is CCOC(C)C1(C=O)CCCC1C. The van der Waals surface area contributed by atoms with Crippen molar-refractivity contribution < 1.29 is 9.53 Å². The van der Waals surface area contributed by atoms with Crippen molar-refractivity contribution in [1.29, 1.82) is 0 Å². The Morgan fingerprint density at radius 2 is 2.38 bits per heavy atom. The van der Waals surface area contributed by atoms with Gasteiger partial charge >= 0.3 is 0 Å². The topological polar surface area (TPSA) is 26.3 Å². The largest absolute Gasteiger partial charge is 0.378 e. The van der Waals surface area contributed by atoms with Crippen LogP contribution in [0.5, 0.6) is 0 Å². The second kappa shape index (κ2) is 4.23. The fraction of sp³-hybridized carbons (Fsp3) is 0.909. The fourth-order valence-electron chi connectivity index (χ4n) is 2.51. The van der Waals surface area contributed by atoms with Gasteiger partial charge in [-0.2, -0.15) is 0 Å². The van der Waals surface area contributed by atoms with Crippen molar-refractivity contribution in [3.05, 3.63) is 0 Å². The Labute approximate surface area is 80.7 Å². The number of hydrogen-bond acceptors (Lipinski definition) is 2. The summed E-state index contributed by atoms with van der Waals surface area (Å²) in [5.41, 5.74) is -0.198. The molecule has 0 radical (unpaired) electrons. The van der Waals surface area contributed by atoms with E-state index in [1.54, 1.807) is 0 Å². The van der Waals surface area contributed by atoms with Crippen LogP contribution >= 0.6 is 0 Å². The highest BCUT2D eigenvalue weighted by Gasteiger charge is 2.45. The number of aldehydes is 1. The van der Waals surface area contributed by atoms with Crippen LogP contribution in [0.4, 0.5) is 0 Å². The minimum absolute atomic E-state index is 0.0764. The zero-order valence-electron chi connectivity index (χ0n) is 8.88. The predicted octanol–water partition coefficient (Wildman–Crippen LogP) is 2.42. The van der Waals surface area contributed by atoms with Crippen molar-refractivity contribution in [1.82, 2.24) is 0 Å². The molecule has 0 N–H and O–H groups in total. The molecule has 3 atom stereocenters. The third kappa shape index (κ3) is 1.78. The third-order valence-electron chi connectivity index (χ3n) is 3.56. The molecule has 1 rings (SSSR count). The third-order valence-corrected chi connectivity index (χ3v) is 3.56. The van der Waals surface area contributed by atoms with Gasteiger partial charge in [0.1, 0.15) is 6.29 Å². The Kier molecular flexibility index (Phi) is 3.48. The minimum Gasteiger partial charge on any atom is -0.378 e. The summed E-state index contributed by atoms with van der Waals surface area (Å²) < 4.78 is 5.56. The minimum atomic E-state index is -0.198. The molecule has 1 saturated carbocycles. The van der Waals surface area contributed by atoms with Gasteiger partial charge in [0.2, 0.25) is 0 Å². The summed E-state index contributed by atoms with van der Waals surface area (Å²) in [5, 5.41) is 0. The van der Waals surface area contributed by atoms with Crippen molar-refractivity contribution in [2.75, 3.05) is 6.61 Å². The molecule has 3 unspecified atom stereocenters. The summed E-state index contributed by atoms with van der Waals surface area (Å²) in [6.45, 7) is 6.87. The highest BCUT2D eigenvalue weighted by Crippen LogP contribution is 2.45. The number of carbonyl (C=O) groups is 1. The summed E-state index contributed by atoms with van der Waals surface area (Å²) in [4.78, 5) is 11.2. The lowest BCUT2D eigenvalue weighted by atomic mass is 9.76. The van der Waals surface area contributed by atoms with E-state index in [1.807, 2.05) is 13.8 Å². The summed E-state index contributed by atoms with van der Waals surface area (Å²) >= 11 is 0. The standard InChI is InChI=1S/C11H20O2/c1-4-13-10(3)11(8-12)7-5-6-9(11)2/h8-10H,4-7H2,1-3H3. The van der Waals surface area contributed by atoms with Gasteiger partial charge in [-0.05, 0) is 32.6 Å². The van der Waals surface area contributed by atoms with Crippen LogP contribution in [0.3, 0.4) is 0 Å². The van der Waals surface area contributed by atoms with Gasteiger partial charge in [-0.1, -0.05) is 13.3 Å². The normalized spacial score (nSPS) is 36.1. The van der Waals surface area contributed by atoms with Crippen molar-refractivity contribution in [2.24, 2.45) is 11.3 Å². The highest BCUT2D eigenvalue weighted by atomic mass is 16.5. The molecule has 76 valence electrons. The smallest absolute Gasteiger partial charge is 0.128 e. The maximum atomic E-state index is 11.2. The summed E-state index contributed by atoms with van der Waals surface area (Å²) in [7, 11) is 0. The van der Waals surface area contributed by atoms with Crippen molar-refractivity contribution >= 4 is 6.29 Å². The van der Waals surface area contributed by atoms with E-state index in [1.165, 1.54) is 0 Å². The lowest BCUT2D eigenvalue weighted by Crippen LogP contribution is -2.39.